The van der Waals surface area contributed by atoms with Crippen molar-refractivity contribution in [2.24, 2.45) is 0 Å². The smallest absolute Gasteiger partial charge is 0.0215 e. The van der Waals surface area contributed by atoms with Crippen molar-refractivity contribution >= 4 is 45.8 Å². The van der Waals surface area contributed by atoms with E-state index in [4.69, 9.17) is 0 Å². The monoisotopic (exact) mass is 690 g/mol. The maximum atomic E-state index is 2.54. The minimum Gasteiger partial charge on any atom is -0.0622 e. The lowest BCUT2D eigenvalue weighted by Gasteiger charge is -2.36. The van der Waals surface area contributed by atoms with Crippen molar-refractivity contribution in [3.8, 4) is 33.4 Å². The highest BCUT2D eigenvalue weighted by Crippen LogP contribution is 2.57. The van der Waals surface area contributed by atoms with Gasteiger partial charge in [-0.2, -0.15) is 0 Å². The lowest BCUT2D eigenvalue weighted by molar-refractivity contribution is 0.353. The first kappa shape index (κ1) is 32.4. The summed E-state index contributed by atoms with van der Waals surface area (Å²) >= 11 is 0. The number of benzene rings is 8. The van der Waals surface area contributed by atoms with Crippen LogP contribution in [-0.4, -0.2) is 0 Å². The molecule has 0 saturated heterocycles. The Kier molecular flexibility index (Phi) is 8.18. The van der Waals surface area contributed by atoms with E-state index in [9.17, 15) is 0 Å². The minimum atomic E-state index is 0.0720. The number of fused-ring (bicyclic) bond motifs is 7. The fraction of sp³-hybridized carbons (Fsp3) is 0.111. The van der Waals surface area contributed by atoms with Crippen LogP contribution >= 0.6 is 0 Å². The van der Waals surface area contributed by atoms with Crippen LogP contribution in [0, 0.1) is 0 Å². The number of hydrogen-bond donors (Lipinski definition) is 0. The van der Waals surface area contributed by atoms with Crippen LogP contribution in [0.4, 0.5) is 0 Å². The lowest BCUT2D eigenvalue weighted by atomic mass is 9.67. The van der Waals surface area contributed by atoms with E-state index in [1.807, 2.05) is 0 Å². The lowest BCUT2D eigenvalue weighted by Crippen LogP contribution is -2.28. The van der Waals surface area contributed by atoms with Crippen LogP contribution in [0.5, 0.6) is 0 Å². The van der Waals surface area contributed by atoms with E-state index < -0.39 is 0 Å². The van der Waals surface area contributed by atoms with Crippen molar-refractivity contribution in [3.63, 3.8) is 0 Å². The van der Waals surface area contributed by atoms with Crippen LogP contribution in [0.1, 0.15) is 65.5 Å². The highest BCUT2D eigenvalue weighted by molar-refractivity contribution is 5.93. The van der Waals surface area contributed by atoms with Gasteiger partial charge < -0.3 is 0 Å². The van der Waals surface area contributed by atoms with Crippen molar-refractivity contribution in [2.75, 3.05) is 0 Å². The van der Waals surface area contributed by atoms with Gasteiger partial charge in [-0.3, -0.25) is 0 Å². The van der Waals surface area contributed by atoms with Gasteiger partial charge in [-0.1, -0.05) is 177 Å². The third kappa shape index (κ3) is 5.99. The quantitative estimate of drug-likeness (QED) is 0.152. The second-order valence-electron chi connectivity index (χ2n) is 15.3. The molecule has 0 heterocycles. The molecule has 0 unspecified atom stereocenters. The van der Waals surface area contributed by atoms with Gasteiger partial charge in [0, 0.05) is 5.41 Å². The molecule has 0 bridgehead atoms. The fourth-order valence-corrected chi connectivity index (χ4v) is 9.16. The molecule has 0 nitrogen and oxygen atoms in total. The van der Waals surface area contributed by atoms with E-state index in [1.54, 1.807) is 0 Å². The second kappa shape index (κ2) is 13.6. The van der Waals surface area contributed by atoms with E-state index in [2.05, 4.69) is 194 Å². The second-order valence-corrected chi connectivity index (χ2v) is 15.3. The maximum absolute atomic E-state index is 2.54. The first-order chi connectivity index (χ1) is 26.7. The van der Waals surface area contributed by atoms with Gasteiger partial charge in [-0.25, -0.2) is 0 Å². The van der Waals surface area contributed by atoms with E-state index in [0.717, 1.165) is 0 Å². The van der Waals surface area contributed by atoms with Gasteiger partial charge in [-0.15, -0.1) is 0 Å². The molecule has 0 amide bonds. The molecule has 54 heavy (non-hydrogen) atoms. The molecule has 1 spiro atoms. The van der Waals surface area contributed by atoms with Crippen LogP contribution in [0.2, 0.25) is 0 Å². The van der Waals surface area contributed by atoms with Gasteiger partial charge in [0.25, 0.3) is 0 Å². The van der Waals surface area contributed by atoms with Crippen molar-refractivity contribution in [3.05, 3.63) is 203 Å². The molecule has 2 aliphatic carbocycles. The van der Waals surface area contributed by atoms with E-state index in [-0.39, 0.29) is 5.41 Å². The molecule has 1 fully saturated rings. The summed E-state index contributed by atoms with van der Waals surface area (Å²) in [6.45, 7) is 0. The molecular weight excluding hydrogens is 649 g/mol. The first-order valence-corrected chi connectivity index (χ1v) is 19.5. The molecule has 0 heteroatoms. The summed E-state index contributed by atoms with van der Waals surface area (Å²) < 4.78 is 0. The van der Waals surface area contributed by atoms with Gasteiger partial charge in [0.2, 0.25) is 0 Å². The largest absolute Gasteiger partial charge is 0.0622 e. The van der Waals surface area contributed by atoms with Crippen molar-refractivity contribution < 1.29 is 0 Å². The molecule has 10 rings (SSSR count). The molecular formula is C54H42. The zero-order valence-electron chi connectivity index (χ0n) is 30.5. The Hall–Kier alpha value is -6.24. The van der Waals surface area contributed by atoms with Gasteiger partial charge in [-0.05, 0) is 138 Å². The van der Waals surface area contributed by atoms with Gasteiger partial charge >= 0.3 is 0 Å². The molecule has 8 aromatic rings. The SMILES string of the molecule is C(=C\c1ccc2cc(-c3ccc4c(c3)C3(CCCCC3)c3cc(-c5ccc6cc(/C=C/c7ccccc7)ccc6c5)ccc3-4)ccc2c1)/c1ccccc1. The summed E-state index contributed by atoms with van der Waals surface area (Å²) in [5.41, 5.74) is 16.1. The van der Waals surface area contributed by atoms with E-state index in [0.29, 0.717) is 0 Å². The third-order valence-electron chi connectivity index (χ3n) is 12.0. The summed E-state index contributed by atoms with van der Waals surface area (Å²) in [6, 6.07) is 63.2. The Morgan fingerprint density at radius 1 is 0.315 bits per heavy atom. The van der Waals surface area contributed by atoms with Crippen molar-refractivity contribution in [1.82, 2.24) is 0 Å². The predicted octanol–water partition coefficient (Wildman–Crippen LogP) is 14.9. The standard InChI is InChI=1S/C54H42/c1-4-10-38(11-5-1)14-16-40-18-20-44-34-46(24-22-42(44)32-40)48-26-28-50-51-29-27-49(37-53(51)54(52(50)36-48)30-8-3-9-31-54)47-25-23-43-33-41(19-21-45(43)35-47)17-15-39-12-6-2-7-13-39/h1-2,4-7,10-29,32-37H,3,8-9,30-31H2/b16-14+,17-15+. The number of hydrogen-bond acceptors (Lipinski definition) is 0. The third-order valence-corrected chi connectivity index (χ3v) is 12.0. The summed E-state index contributed by atoms with van der Waals surface area (Å²) in [6.07, 6.45) is 15.1. The highest BCUT2D eigenvalue weighted by atomic mass is 14.5. The zero-order chi connectivity index (χ0) is 35.9. The fourth-order valence-electron chi connectivity index (χ4n) is 9.16. The van der Waals surface area contributed by atoms with Crippen LogP contribution in [0.25, 0.3) is 79.2 Å². The van der Waals surface area contributed by atoms with Gasteiger partial charge in [0.1, 0.15) is 0 Å². The van der Waals surface area contributed by atoms with Crippen molar-refractivity contribution in [2.45, 2.75) is 37.5 Å². The predicted molar refractivity (Wildman–Crippen MR) is 232 cm³/mol. The summed E-state index contributed by atoms with van der Waals surface area (Å²) in [5.74, 6) is 0. The van der Waals surface area contributed by atoms with Gasteiger partial charge in [0.05, 0.1) is 0 Å². The Balaban J connectivity index is 0.961. The molecule has 8 aromatic carbocycles. The van der Waals surface area contributed by atoms with Gasteiger partial charge in [0.15, 0.2) is 0 Å². The Morgan fingerprint density at radius 2 is 0.704 bits per heavy atom. The molecule has 2 aliphatic rings. The summed E-state index contributed by atoms with van der Waals surface area (Å²) in [5, 5.41) is 5.10. The Labute approximate surface area is 318 Å². The maximum Gasteiger partial charge on any atom is 0.0215 e. The van der Waals surface area contributed by atoms with E-state index >= 15 is 0 Å². The normalized spacial score (nSPS) is 14.7. The number of rotatable bonds is 6. The molecule has 0 N–H and O–H groups in total. The van der Waals surface area contributed by atoms with Crippen LogP contribution < -0.4 is 0 Å². The zero-order valence-corrected chi connectivity index (χ0v) is 30.5. The first-order valence-electron chi connectivity index (χ1n) is 19.5. The molecule has 258 valence electrons. The average Bonchev–Trinajstić information content (AvgIpc) is 3.49. The van der Waals surface area contributed by atoms with E-state index in [1.165, 1.54) is 120 Å². The minimum absolute atomic E-state index is 0.0720. The molecule has 0 radical (unpaired) electrons. The molecule has 0 aliphatic heterocycles. The van der Waals surface area contributed by atoms with Crippen LogP contribution in [0.15, 0.2) is 170 Å². The Morgan fingerprint density at radius 3 is 1.19 bits per heavy atom. The highest BCUT2D eigenvalue weighted by Gasteiger charge is 2.44. The van der Waals surface area contributed by atoms with Crippen LogP contribution in [0.3, 0.4) is 0 Å². The molecule has 1 saturated carbocycles. The summed E-state index contributed by atoms with van der Waals surface area (Å²) in [4.78, 5) is 0. The average molecular weight is 691 g/mol. The molecule has 0 atom stereocenters. The molecule has 0 aromatic heterocycles. The summed E-state index contributed by atoms with van der Waals surface area (Å²) in [7, 11) is 0. The van der Waals surface area contributed by atoms with Crippen molar-refractivity contribution in [1.29, 1.82) is 0 Å². The Bertz CT molecular complexity index is 2540. The van der Waals surface area contributed by atoms with Crippen LogP contribution in [-0.2, 0) is 5.41 Å². The topological polar surface area (TPSA) is 0 Å².